The zero-order valence-corrected chi connectivity index (χ0v) is 8.73. The van der Waals surface area contributed by atoms with E-state index in [1.807, 2.05) is 0 Å². The number of Topliss-reactive ketones (excluding diaryl/α,β-unsaturated/α-hetero) is 1. The second-order valence-corrected chi connectivity index (χ2v) is 3.12. The van der Waals surface area contributed by atoms with E-state index in [0.29, 0.717) is 6.54 Å². The lowest BCUT2D eigenvalue weighted by molar-refractivity contribution is 0.0937. The van der Waals surface area contributed by atoms with Crippen molar-refractivity contribution < 1.29 is 4.79 Å². The maximum absolute atomic E-state index is 11.7. The third-order valence-corrected chi connectivity index (χ3v) is 2.26. The molecule has 1 aromatic rings. The first-order valence-electron chi connectivity index (χ1n) is 4.93. The molecule has 0 atom stereocenters. The third kappa shape index (κ3) is 2.92. The highest BCUT2D eigenvalue weighted by Crippen LogP contribution is 2.00. The number of ketones is 1. The Morgan fingerprint density at radius 3 is 2.36 bits per heavy atom. The Kier molecular flexibility index (Phi) is 4.26. The number of hydrogen-bond donors (Lipinski definition) is 0. The van der Waals surface area contributed by atoms with Gasteiger partial charge in [0.2, 0.25) is 0 Å². The van der Waals surface area contributed by atoms with Gasteiger partial charge in [0.1, 0.15) is 0 Å². The second kappa shape index (κ2) is 5.50. The second-order valence-electron chi connectivity index (χ2n) is 3.12. The van der Waals surface area contributed by atoms with Crippen LogP contribution in [-0.2, 0) is 0 Å². The topological polar surface area (TPSA) is 33.2 Å². The molecule has 1 heterocycles. The van der Waals surface area contributed by atoms with E-state index in [1.165, 1.54) is 0 Å². The predicted molar refractivity (Wildman–Crippen MR) is 56.4 cm³/mol. The molecule has 0 N–H and O–H groups in total. The van der Waals surface area contributed by atoms with Crippen LogP contribution in [0.25, 0.3) is 0 Å². The van der Waals surface area contributed by atoms with Crippen molar-refractivity contribution in [2.45, 2.75) is 13.8 Å². The Hall–Kier alpha value is -1.22. The van der Waals surface area contributed by atoms with Crippen LogP contribution in [0.1, 0.15) is 24.2 Å². The zero-order chi connectivity index (χ0) is 10.4. The van der Waals surface area contributed by atoms with Crippen LogP contribution in [0.4, 0.5) is 0 Å². The highest BCUT2D eigenvalue weighted by molar-refractivity contribution is 5.97. The quantitative estimate of drug-likeness (QED) is 0.664. The molecule has 0 radical (unpaired) electrons. The lowest BCUT2D eigenvalue weighted by atomic mass is 10.1. The minimum absolute atomic E-state index is 0.163. The zero-order valence-electron chi connectivity index (χ0n) is 8.73. The lowest BCUT2D eigenvalue weighted by Gasteiger charge is -2.16. The van der Waals surface area contributed by atoms with Gasteiger partial charge in [0.15, 0.2) is 5.78 Å². The molecule has 0 saturated carbocycles. The molecule has 0 aromatic carbocycles. The van der Waals surface area contributed by atoms with Crippen molar-refractivity contribution in [3.63, 3.8) is 0 Å². The molecule has 3 nitrogen and oxygen atoms in total. The summed E-state index contributed by atoms with van der Waals surface area (Å²) in [4.78, 5) is 17.7. The average Bonchev–Trinajstić information content (AvgIpc) is 2.26. The molecule has 76 valence electrons. The van der Waals surface area contributed by atoms with Gasteiger partial charge in [-0.15, -0.1) is 0 Å². The van der Waals surface area contributed by atoms with Crippen LogP contribution >= 0.6 is 0 Å². The standard InChI is InChI=1S/C11H16N2O/c1-3-13(4-2)9-11(14)10-5-7-12-8-6-10/h5-8H,3-4,9H2,1-2H3. The van der Waals surface area contributed by atoms with Crippen molar-refractivity contribution >= 4 is 5.78 Å². The van der Waals surface area contributed by atoms with Crippen LogP contribution in [0.3, 0.4) is 0 Å². The van der Waals surface area contributed by atoms with Gasteiger partial charge in [0.25, 0.3) is 0 Å². The summed E-state index contributed by atoms with van der Waals surface area (Å²) < 4.78 is 0. The Morgan fingerprint density at radius 1 is 1.29 bits per heavy atom. The summed E-state index contributed by atoms with van der Waals surface area (Å²) in [5.41, 5.74) is 0.743. The Labute approximate surface area is 84.8 Å². The molecule has 3 heteroatoms. The molecular weight excluding hydrogens is 176 g/mol. The van der Waals surface area contributed by atoms with E-state index in [4.69, 9.17) is 0 Å². The summed E-state index contributed by atoms with van der Waals surface area (Å²) in [6.45, 7) is 6.43. The van der Waals surface area contributed by atoms with Crippen molar-refractivity contribution in [2.24, 2.45) is 0 Å². The van der Waals surface area contributed by atoms with E-state index in [-0.39, 0.29) is 5.78 Å². The van der Waals surface area contributed by atoms with Gasteiger partial charge >= 0.3 is 0 Å². The molecule has 0 aliphatic rings. The average molecular weight is 192 g/mol. The van der Waals surface area contributed by atoms with E-state index in [0.717, 1.165) is 18.7 Å². The van der Waals surface area contributed by atoms with Gasteiger partial charge in [0, 0.05) is 18.0 Å². The van der Waals surface area contributed by atoms with Crippen molar-refractivity contribution in [1.82, 2.24) is 9.88 Å². The molecule has 0 unspecified atom stereocenters. The summed E-state index contributed by atoms with van der Waals surface area (Å²) in [5.74, 6) is 0.163. The summed E-state index contributed by atoms with van der Waals surface area (Å²) in [5, 5.41) is 0. The number of carbonyl (C=O) groups is 1. The predicted octanol–water partition coefficient (Wildman–Crippen LogP) is 1.61. The van der Waals surface area contributed by atoms with E-state index in [9.17, 15) is 4.79 Å². The molecule has 1 rings (SSSR count). The Bertz CT molecular complexity index is 281. The molecule has 0 amide bonds. The monoisotopic (exact) mass is 192 g/mol. The van der Waals surface area contributed by atoms with Crippen molar-refractivity contribution in [3.05, 3.63) is 30.1 Å². The highest BCUT2D eigenvalue weighted by Gasteiger charge is 2.08. The molecule has 0 fully saturated rings. The van der Waals surface area contributed by atoms with E-state index >= 15 is 0 Å². The van der Waals surface area contributed by atoms with Gasteiger partial charge < -0.3 is 0 Å². The lowest BCUT2D eigenvalue weighted by Crippen LogP contribution is -2.29. The molecule has 0 aliphatic heterocycles. The first kappa shape index (κ1) is 10.9. The highest BCUT2D eigenvalue weighted by atomic mass is 16.1. The third-order valence-electron chi connectivity index (χ3n) is 2.26. The molecule has 1 aromatic heterocycles. The molecular formula is C11H16N2O. The van der Waals surface area contributed by atoms with Crippen LogP contribution in [0.5, 0.6) is 0 Å². The number of nitrogens with zero attached hydrogens (tertiary/aromatic N) is 2. The van der Waals surface area contributed by atoms with E-state index in [2.05, 4.69) is 23.7 Å². The molecule has 0 saturated heterocycles. The number of carbonyl (C=O) groups excluding carboxylic acids is 1. The fourth-order valence-electron chi connectivity index (χ4n) is 1.28. The number of likely N-dealkylation sites (N-methyl/N-ethyl adjacent to an activating group) is 1. The summed E-state index contributed by atoms with van der Waals surface area (Å²) in [7, 11) is 0. The summed E-state index contributed by atoms with van der Waals surface area (Å²) in [6, 6.07) is 3.51. The SMILES string of the molecule is CCN(CC)CC(=O)c1ccncc1. The van der Waals surface area contributed by atoms with Crippen LogP contribution in [0, 0.1) is 0 Å². The Balaban J connectivity index is 2.59. The normalized spacial score (nSPS) is 10.5. The van der Waals surface area contributed by atoms with Gasteiger partial charge in [-0.1, -0.05) is 13.8 Å². The maximum Gasteiger partial charge on any atom is 0.176 e. The molecule has 14 heavy (non-hydrogen) atoms. The first-order chi connectivity index (χ1) is 6.77. The van der Waals surface area contributed by atoms with Gasteiger partial charge in [-0.3, -0.25) is 14.7 Å². The smallest absolute Gasteiger partial charge is 0.176 e. The number of aromatic nitrogens is 1. The van der Waals surface area contributed by atoms with Gasteiger partial charge in [-0.25, -0.2) is 0 Å². The Morgan fingerprint density at radius 2 is 1.86 bits per heavy atom. The number of pyridine rings is 1. The number of rotatable bonds is 5. The van der Waals surface area contributed by atoms with Crippen molar-refractivity contribution in [1.29, 1.82) is 0 Å². The van der Waals surface area contributed by atoms with Gasteiger partial charge in [-0.2, -0.15) is 0 Å². The molecule has 0 bridgehead atoms. The number of hydrogen-bond acceptors (Lipinski definition) is 3. The van der Waals surface area contributed by atoms with Crippen LogP contribution in [0.2, 0.25) is 0 Å². The van der Waals surface area contributed by atoms with E-state index < -0.39 is 0 Å². The fraction of sp³-hybridized carbons (Fsp3) is 0.455. The fourth-order valence-corrected chi connectivity index (χ4v) is 1.28. The van der Waals surface area contributed by atoms with Gasteiger partial charge in [-0.05, 0) is 25.2 Å². The van der Waals surface area contributed by atoms with E-state index in [1.54, 1.807) is 24.5 Å². The molecule has 0 aliphatic carbocycles. The van der Waals surface area contributed by atoms with Crippen LogP contribution in [0.15, 0.2) is 24.5 Å². The first-order valence-corrected chi connectivity index (χ1v) is 4.93. The van der Waals surface area contributed by atoms with Crippen LogP contribution < -0.4 is 0 Å². The van der Waals surface area contributed by atoms with Crippen LogP contribution in [-0.4, -0.2) is 35.3 Å². The maximum atomic E-state index is 11.7. The van der Waals surface area contributed by atoms with Crippen molar-refractivity contribution in [2.75, 3.05) is 19.6 Å². The largest absolute Gasteiger partial charge is 0.296 e. The van der Waals surface area contributed by atoms with Gasteiger partial charge in [0.05, 0.1) is 6.54 Å². The summed E-state index contributed by atoms with van der Waals surface area (Å²) >= 11 is 0. The summed E-state index contributed by atoms with van der Waals surface area (Å²) in [6.07, 6.45) is 3.30. The minimum atomic E-state index is 0.163. The molecule has 0 spiro atoms. The van der Waals surface area contributed by atoms with Crippen molar-refractivity contribution in [3.8, 4) is 0 Å². The minimum Gasteiger partial charge on any atom is -0.296 e.